The first-order valence-corrected chi connectivity index (χ1v) is 10.4. The van der Waals surface area contributed by atoms with Gasteiger partial charge in [0.05, 0.1) is 14.9 Å². The molecule has 1 fully saturated rings. The predicted octanol–water partition coefficient (Wildman–Crippen LogP) is 4.45. The molecule has 3 heterocycles. The maximum absolute atomic E-state index is 12.0. The quantitative estimate of drug-likeness (QED) is 0.701. The van der Waals surface area contributed by atoms with Gasteiger partial charge in [0, 0.05) is 24.8 Å². The van der Waals surface area contributed by atoms with Crippen molar-refractivity contribution < 1.29 is 9.59 Å². The molecule has 1 saturated heterocycles. The van der Waals surface area contributed by atoms with Crippen molar-refractivity contribution in [3.63, 3.8) is 0 Å². The molecule has 2 aromatic heterocycles. The Morgan fingerprint density at radius 2 is 2.00 bits per heavy atom. The first-order valence-electron chi connectivity index (χ1n) is 8.35. The van der Waals surface area contributed by atoms with Crippen LogP contribution in [0.5, 0.6) is 0 Å². The number of ketones is 1. The standard InChI is InChI=1S/C17H20ClN3O2S2/c18-15-6-5-14(25-15)13(22)4-7-16(23)20-17-19-12(11-24-17)10-21-8-2-1-3-9-21/h5-6,11H,1-4,7-10H2,(H,19,20,23). The minimum Gasteiger partial charge on any atom is -0.302 e. The van der Waals surface area contributed by atoms with Crippen LogP contribution in [0.3, 0.4) is 0 Å². The first-order chi connectivity index (χ1) is 12.1. The van der Waals surface area contributed by atoms with Gasteiger partial charge < -0.3 is 5.32 Å². The van der Waals surface area contributed by atoms with Crippen LogP contribution in [0.25, 0.3) is 0 Å². The molecule has 1 amide bonds. The molecule has 0 saturated carbocycles. The van der Waals surface area contributed by atoms with Gasteiger partial charge in [-0.25, -0.2) is 4.98 Å². The molecule has 0 aromatic carbocycles. The summed E-state index contributed by atoms with van der Waals surface area (Å²) < 4.78 is 0.580. The number of carbonyl (C=O) groups is 2. The normalized spacial score (nSPS) is 15.2. The van der Waals surface area contributed by atoms with Gasteiger partial charge in [-0.1, -0.05) is 18.0 Å². The SMILES string of the molecule is O=C(CCC(=O)c1ccc(Cl)s1)Nc1nc(CN2CCCCC2)cs1. The molecule has 5 nitrogen and oxygen atoms in total. The molecular formula is C17H20ClN3O2S2. The van der Waals surface area contributed by atoms with Crippen molar-refractivity contribution in [3.05, 3.63) is 32.4 Å². The molecule has 1 aliphatic rings. The molecule has 2 aromatic rings. The van der Waals surface area contributed by atoms with E-state index < -0.39 is 0 Å². The van der Waals surface area contributed by atoms with Crippen molar-refractivity contribution in [2.75, 3.05) is 18.4 Å². The molecule has 0 aliphatic carbocycles. The van der Waals surface area contributed by atoms with Crippen LogP contribution in [-0.2, 0) is 11.3 Å². The van der Waals surface area contributed by atoms with Crippen LogP contribution in [0, 0.1) is 0 Å². The maximum Gasteiger partial charge on any atom is 0.226 e. The largest absolute Gasteiger partial charge is 0.302 e. The summed E-state index contributed by atoms with van der Waals surface area (Å²) in [5.41, 5.74) is 0.992. The Morgan fingerprint density at radius 3 is 2.72 bits per heavy atom. The number of amides is 1. The lowest BCUT2D eigenvalue weighted by atomic mass is 10.1. The Kier molecular flexibility index (Phi) is 6.58. The fourth-order valence-electron chi connectivity index (χ4n) is 2.78. The van der Waals surface area contributed by atoms with Gasteiger partial charge in [-0.05, 0) is 38.1 Å². The van der Waals surface area contributed by atoms with Gasteiger partial charge in [0.25, 0.3) is 0 Å². The van der Waals surface area contributed by atoms with Crippen LogP contribution in [0.15, 0.2) is 17.5 Å². The highest BCUT2D eigenvalue weighted by Crippen LogP contribution is 2.23. The fraction of sp³-hybridized carbons (Fsp3) is 0.471. The van der Waals surface area contributed by atoms with Crippen LogP contribution in [0.4, 0.5) is 5.13 Å². The highest BCUT2D eigenvalue weighted by Gasteiger charge is 2.15. The molecule has 1 aliphatic heterocycles. The van der Waals surface area contributed by atoms with Gasteiger partial charge in [-0.15, -0.1) is 22.7 Å². The number of halogens is 1. The molecule has 134 valence electrons. The number of carbonyl (C=O) groups excluding carboxylic acids is 2. The third kappa shape index (κ3) is 5.60. The zero-order valence-corrected chi connectivity index (χ0v) is 16.2. The van der Waals surface area contributed by atoms with E-state index in [4.69, 9.17) is 11.6 Å². The van der Waals surface area contributed by atoms with E-state index in [2.05, 4.69) is 15.2 Å². The Labute approximate surface area is 160 Å². The zero-order valence-electron chi connectivity index (χ0n) is 13.8. The number of nitrogens with one attached hydrogen (secondary N) is 1. The van der Waals surface area contributed by atoms with E-state index in [1.54, 1.807) is 12.1 Å². The number of hydrogen-bond donors (Lipinski definition) is 1. The summed E-state index contributed by atoms with van der Waals surface area (Å²) in [5, 5.41) is 5.38. The van der Waals surface area contributed by atoms with Gasteiger partial charge in [-0.2, -0.15) is 0 Å². The second-order valence-electron chi connectivity index (χ2n) is 6.06. The third-order valence-corrected chi connectivity index (χ3v) is 6.14. The van der Waals surface area contributed by atoms with E-state index in [1.807, 2.05) is 5.38 Å². The highest BCUT2D eigenvalue weighted by atomic mass is 35.5. The van der Waals surface area contributed by atoms with E-state index in [0.29, 0.717) is 14.3 Å². The van der Waals surface area contributed by atoms with Gasteiger partial charge in [0.15, 0.2) is 10.9 Å². The number of likely N-dealkylation sites (tertiary alicyclic amines) is 1. The summed E-state index contributed by atoms with van der Waals surface area (Å²) >= 11 is 8.49. The van der Waals surface area contributed by atoms with Crippen LogP contribution < -0.4 is 5.32 Å². The average Bonchev–Trinajstić information content (AvgIpc) is 3.23. The summed E-state index contributed by atoms with van der Waals surface area (Å²) in [7, 11) is 0. The number of hydrogen-bond acceptors (Lipinski definition) is 6. The molecule has 0 bridgehead atoms. The summed E-state index contributed by atoms with van der Waals surface area (Å²) in [4.78, 5) is 31.5. The van der Waals surface area contributed by atoms with Crippen molar-refractivity contribution in [1.82, 2.24) is 9.88 Å². The predicted molar refractivity (Wildman–Crippen MR) is 103 cm³/mol. The van der Waals surface area contributed by atoms with Crippen molar-refractivity contribution in [1.29, 1.82) is 0 Å². The summed E-state index contributed by atoms with van der Waals surface area (Å²) in [5.74, 6) is -0.244. The number of thiophene rings is 1. The molecule has 0 spiro atoms. The van der Waals surface area contributed by atoms with Gasteiger partial charge in [0.2, 0.25) is 5.91 Å². The number of piperidine rings is 1. The Hall–Kier alpha value is -1.28. The fourth-order valence-corrected chi connectivity index (χ4v) is 4.51. The molecule has 8 heteroatoms. The molecule has 0 radical (unpaired) electrons. The summed E-state index contributed by atoms with van der Waals surface area (Å²) in [6.07, 6.45) is 4.13. The lowest BCUT2D eigenvalue weighted by Crippen LogP contribution is -2.29. The molecule has 1 N–H and O–H groups in total. The molecule has 0 unspecified atom stereocenters. The Bertz CT molecular complexity index is 738. The van der Waals surface area contributed by atoms with Crippen molar-refractivity contribution in [2.45, 2.75) is 38.6 Å². The second-order valence-corrected chi connectivity index (χ2v) is 8.63. The van der Waals surface area contributed by atoms with Crippen LogP contribution in [0.2, 0.25) is 4.34 Å². The topological polar surface area (TPSA) is 62.3 Å². The minimum atomic E-state index is -0.185. The molecular weight excluding hydrogens is 378 g/mol. The minimum absolute atomic E-state index is 0.0584. The van der Waals surface area contributed by atoms with E-state index in [-0.39, 0.29) is 24.5 Å². The lowest BCUT2D eigenvalue weighted by molar-refractivity contribution is -0.116. The number of thiazole rings is 1. The lowest BCUT2D eigenvalue weighted by Gasteiger charge is -2.25. The van der Waals surface area contributed by atoms with Crippen LogP contribution in [0.1, 0.15) is 47.5 Å². The van der Waals surface area contributed by atoms with Crippen molar-refractivity contribution in [2.24, 2.45) is 0 Å². The Morgan fingerprint density at radius 1 is 1.20 bits per heavy atom. The number of anilines is 1. The maximum atomic E-state index is 12.0. The number of aromatic nitrogens is 1. The van der Waals surface area contributed by atoms with Crippen molar-refractivity contribution in [3.8, 4) is 0 Å². The van der Waals surface area contributed by atoms with Crippen LogP contribution in [-0.4, -0.2) is 34.7 Å². The van der Waals surface area contributed by atoms with E-state index in [1.165, 1.54) is 41.9 Å². The number of Topliss-reactive ketones (excluding diaryl/α,β-unsaturated/α-hetero) is 1. The summed E-state index contributed by atoms with van der Waals surface area (Å²) in [6.45, 7) is 3.08. The van der Waals surface area contributed by atoms with Crippen molar-refractivity contribution >= 4 is 51.1 Å². The smallest absolute Gasteiger partial charge is 0.226 e. The molecule has 0 atom stereocenters. The Balaban J connectivity index is 1.44. The van der Waals surface area contributed by atoms with Gasteiger partial charge in [0.1, 0.15) is 0 Å². The van der Waals surface area contributed by atoms with E-state index in [9.17, 15) is 9.59 Å². The average molecular weight is 398 g/mol. The third-order valence-electron chi connectivity index (χ3n) is 4.06. The van der Waals surface area contributed by atoms with E-state index >= 15 is 0 Å². The molecule has 25 heavy (non-hydrogen) atoms. The second kappa shape index (κ2) is 8.89. The monoisotopic (exact) mass is 397 g/mol. The van der Waals surface area contributed by atoms with Gasteiger partial charge in [-0.3, -0.25) is 14.5 Å². The number of nitrogens with zero attached hydrogens (tertiary/aromatic N) is 2. The highest BCUT2D eigenvalue weighted by molar-refractivity contribution is 7.18. The van der Waals surface area contributed by atoms with Gasteiger partial charge >= 0.3 is 0 Å². The number of rotatable bonds is 7. The zero-order chi connectivity index (χ0) is 17.6. The van der Waals surface area contributed by atoms with Crippen LogP contribution >= 0.6 is 34.3 Å². The molecule has 3 rings (SSSR count). The summed E-state index contributed by atoms with van der Waals surface area (Å²) in [6, 6.07) is 3.39. The van der Waals surface area contributed by atoms with E-state index in [0.717, 1.165) is 25.3 Å². The first kappa shape index (κ1) is 18.5.